The summed E-state index contributed by atoms with van der Waals surface area (Å²) in [6.45, 7) is 4.29. The summed E-state index contributed by atoms with van der Waals surface area (Å²) in [6, 6.07) is 8.45. The number of fused-ring (bicyclic) bond motifs is 1. The average molecular weight is 343 g/mol. The molecular weight excluding hydrogens is 328 g/mol. The highest BCUT2D eigenvalue weighted by Gasteiger charge is 2.18. The number of rotatable bonds is 3. The topological polar surface area (TPSA) is 76.9 Å². The van der Waals surface area contributed by atoms with Gasteiger partial charge in [-0.15, -0.1) is 0 Å². The number of hydrogen-bond donors (Lipinski definition) is 1. The Hall–Kier alpha value is -2.73. The molecule has 1 aromatic carbocycles. The number of aryl methyl sites for hydroxylation is 2. The van der Waals surface area contributed by atoms with Crippen molar-refractivity contribution in [3.63, 3.8) is 0 Å². The van der Waals surface area contributed by atoms with E-state index in [0.29, 0.717) is 28.3 Å². The quantitative estimate of drug-likeness (QED) is 0.793. The van der Waals surface area contributed by atoms with E-state index in [2.05, 4.69) is 15.4 Å². The number of halogens is 1. The van der Waals surface area contributed by atoms with Gasteiger partial charge in [-0.3, -0.25) is 14.3 Å². The van der Waals surface area contributed by atoms with Gasteiger partial charge in [-0.1, -0.05) is 17.7 Å². The van der Waals surface area contributed by atoms with Crippen molar-refractivity contribution in [3.8, 4) is 0 Å². The largest absolute Gasteiger partial charge is 0.305 e. The van der Waals surface area contributed by atoms with E-state index in [4.69, 9.17) is 11.6 Å². The van der Waals surface area contributed by atoms with E-state index in [1.807, 2.05) is 19.9 Å². The predicted molar refractivity (Wildman–Crippen MR) is 93.6 cm³/mol. The van der Waals surface area contributed by atoms with Gasteiger partial charge in [0, 0.05) is 17.8 Å². The van der Waals surface area contributed by atoms with Gasteiger partial charge < -0.3 is 5.32 Å². The Balaban J connectivity index is 2.08. The zero-order chi connectivity index (χ0) is 17.3. The lowest BCUT2D eigenvalue weighted by atomic mass is 10.2. The van der Waals surface area contributed by atoms with Crippen molar-refractivity contribution in [1.29, 1.82) is 0 Å². The molecule has 3 aromatic rings. The lowest BCUT2D eigenvalue weighted by Gasteiger charge is -2.10. The number of hydrogen-bond acceptors (Lipinski definition) is 4. The van der Waals surface area contributed by atoms with Crippen molar-refractivity contribution in [2.24, 2.45) is 0 Å². The van der Waals surface area contributed by atoms with Gasteiger partial charge in [0.25, 0.3) is 5.91 Å². The molecule has 2 heterocycles. The molecule has 0 bridgehead atoms. The molecular formula is C17H15ClN4O2. The van der Waals surface area contributed by atoms with Crippen LogP contribution < -0.4 is 10.7 Å². The molecule has 0 spiro atoms. The van der Waals surface area contributed by atoms with Crippen LogP contribution in [0, 0.1) is 6.92 Å². The van der Waals surface area contributed by atoms with E-state index in [9.17, 15) is 9.59 Å². The Morgan fingerprint density at radius 1 is 1.29 bits per heavy atom. The van der Waals surface area contributed by atoms with Gasteiger partial charge in [-0.25, -0.2) is 4.98 Å². The van der Waals surface area contributed by atoms with Gasteiger partial charge in [0.1, 0.15) is 5.82 Å². The van der Waals surface area contributed by atoms with Crippen LogP contribution in [0.15, 0.2) is 41.3 Å². The second kappa shape index (κ2) is 6.41. The monoisotopic (exact) mass is 342 g/mol. The second-order valence-electron chi connectivity index (χ2n) is 5.33. The number of benzene rings is 1. The first-order valence-corrected chi connectivity index (χ1v) is 7.81. The van der Waals surface area contributed by atoms with E-state index in [-0.39, 0.29) is 5.69 Å². The minimum Gasteiger partial charge on any atom is -0.305 e. The van der Waals surface area contributed by atoms with Crippen LogP contribution in [0.4, 0.5) is 5.82 Å². The molecule has 0 fully saturated rings. The standard InChI is InChI=1S/C17H15ClN4O2/c1-3-22-13-6-5-11(18)8-12(13)16(23)15(21-22)17(24)20-14-7-4-10(2)9-19-14/h4-9H,3H2,1-2H3,(H,19,20,24). The zero-order valence-corrected chi connectivity index (χ0v) is 14.0. The van der Waals surface area contributed by atoms with Gasteiger partial charge in [0.05, 0.1) is 10.9 Å². The van der Waals surface area contributed by atoms with E-state index in [1.54, 1.807) is 35.1 Å². The molecule has 0 aliphatic carbocycles. The van der Waals surface area contributed by atoms with Crippen LogP contribution in [0.25, 0.3) is 10.9 Å². The maximum atomic E-state index is 12.6. The maximum Gasteiger partial charge on any atom is 0.281 e. The molecule has 0 saturated heterocycles. The molecule has 122 valence electrons. The lowest BCUT2D eigenvalue weighted by Crippen LogP contribution is -2.27. The van der Waals surface area contributed by atoms with Crippen LogP contribution in [0.5, 0.6) is 0 Å². The van der Waals surface area contributed by atoms with Crippen LogP contribution in [0.1, 0.15) is 23.0 Å². The summed E-state index contributed by atoms with van der Waals surface area (Å²) in [4.78, 5) is 29.2. The first-order chi connectivity index (χ1) is 11.5. The highest BCUT2D eigenvalue weighted by molar-refractivity contribution is 6.31. The number of pyridine rings is 1. The first kappa shape index (κ1) is 16.1. The Bertz CT molecular complexity index is 980. The molecule has 3 rings (SSSR count). The van der Waals surface area contributed by atoms with Crippen molar-refractivity contribution < 1.29 is 4.79 Å². The number of carbonyl (C=O) groups is 1. The summed E-state index contributed by atoms with van der Waals surface area (Å²) < 4.78 is 1.60. The van der Waals surface area contributed by atoms with Gasteiger partial charge in [0.2, 0.25) is 5.43 Å². The number of nitrogens with zero attached hydrogens (tertiary/aromatic N) is 3. The molecule has 0 unspecified atom stereocenters. The Labute approximate surface area is 143 Å². The van der Waals surface area contributed by atoms with Crippen molar-refractivity contribution in [1.82, 2.24) is 14.8 Å². The Morgan fingerprint density at radius 3 is 2.75 bits per heavy atom. The highest BCUT2D eigenvalue weighted by Crippen LogP contribution is 2.17. The number of aromatic nitrogens is 3. The summed E-state index contributed by atoms with van der Waals surface area (Å²) >= 11 is 5.98. The number of amides is 1. The third-order valence-corrected chi connectivity index (χ3v) is 3.82. The molecule has 0 aliphatic heterocycles. The smallest absolute Gasteiger partial charge is 0.281 e. The Morgan fingerprint density at radius 2 is 2.08 bits per heavy atom. The minimum absolute atomic E-state index is 0.186. The third kappa shape index (κ3) is 3.00. The fourth-order valence-electron chi connectivity index (χ4n) is 2.37. The van der Waals surface area contributed by atoms with Crippen molar-refractivity contribution in [2.45, 2.75) is 20.4 Å². The second-order valence-corrected chi connectivity index (χ2v) is 5.77. The molecule has 0 saturated carbocycles. The Kier molecular flexibility index (Phi) is 4.31. The molecule has 2 aromatic heterocycles. The summed E-state index contributed by atoms with van der Waals surface area (Å²) in [7, 11) is 0. The molecule has 0 atom stereocenters. The van der Waals surface area contributed by atoms with E-state index in [0.717, 1.165) is 5.56 Å². The fourth-order valence-corrected chi connectivity index (χ4v) is 2.54. The molecule has 0 radical (unpaired) electrons. The predicted octanol–water partition coefficient (Wildman–Crippen LogP) is 3.03. The summed E-state index contributed by atoms with van der Waals surface area (Å²) in [5, 5.41) is 7.57. The van der Waals surface area contributed by atoms with Gasteiger partial charge in [-0.2, -0.15) is 5.10 Å². The molecule has 7 heteroatoms. The molecule has 1 N–H and O–H groups in total. The lowest BCUT2D eigenvalue weighted by molar-refractivity contribution is 0.101. The molecule has 1 amide bonds. The van der Waals surface area contributed by atoms with Crippen molar-refractivity contribution in [3.05, 3.63) is 63.0 Å². The van der Waals surface area contributed by atoms with Crippen molar-refractivity contribution in [2.75, 3.05) is 5.32 Å². The van der Waals surface area contributed by atoms with Gasteiger partial charge in [0.15, 0.2) is 5.69 Å². The normalized spacial score (nSPS) is 10.8. The number of nitrogens with one attached hydrogen (secondary N) is 1. The van der Waals surface area contributed by atoms with Crippen LogP contribution in [0.3, 0.4) is 0 Å². The molecule has 24 heavy (non-hydrogen) atoms. The van der Waals surface area contributed by atoms with E-state index >= 15 is 0 Å². The van der Waals surface area contributed by atoms with Gasteiger partial charge in [-0.05, 0) is 43.7 Å². The van der Waals surface area contributed by atoms with E-state index in [1.165, 1.54) is 0 Å². The van der Waals surface area contributed by atoms with Crippen LogP contribution in [-0.4, -0.2) is 20.7 Å². The summed E-state index contributed by atoms with van der Waals surface area (Å²) in [6.07, 6.45) is 1.63. The average Bonchev–Trinajstić information content (AvgIpc) is 2.57. The molecule has 0 aliphatic rings. The highest BCUT2D eigenvalue weighted by atomic mass is 35.5. The summed E-state index contributed by atoms with van der Waals surface area (Å²) in [5.74, 6) is -0.235. The zero-order valence-electron chi connectivity index (χ0n) is 13.2. The van der Waals surface area contributed by atoms with E-state index < -0.39 is 11.3 Å². The SMILES string of the molecule is CCn1nc(C(=O)Nc2ccc(C)cn2)c(=O)c2cc(Cl)ccc21. The van der Waals surface area contributed by atoms with Crippen molar-refractivity contribution >= 4 is 34.2 Å². The van der Waals surface area contributed by atoms with Crippen LogP contribution >= 0.6 is 11.6 Å². The number of carbonyl (C=O) groups excluding carboxylic acids is 1. The number of anilines is 1. The molecule has 6 nitrogen and oxygen atoms in total. The van der Waals surface area contributed by atoms with Gasteiger partial charge >= 0.3 is 0 Å². The fraction of sp³-hybridized carbons (Fsp3) is 0.176. The minimum atomic E-state index is -0.597. The van der Waals surface area contributed by atoms with Crippen LogP contribution in [-0.2, 0) is 6.54 Å². The maximum absolute atomic E-state index is 12.6. The third-order valence-electron chi connectivity index (χ3n) is 3.58. The first-order valence-electron chi connectivity index (χ1n) is 7.44. The summed E-state index contributed by atoms with van der Waals surface area (Å²) in [5.41, 5.74) is 0.965. The van der Waals surface area contributed by atoms with Crippen LogP contribution in [0.2, 0.25) is 5.02 Å².